The molecule has 0 aliphatic heterocycles. The summed E-state index contributed by atoms with van der Waals surface area (Å²) < 4.78 is 57.9. The molecule has 45 heavy (non-hydrogen) atoms. The van der Waals surface area contributed by atoms with E-state index in [-0.39, 0.29) is 17.7 Å². The second-order valence-electron chi connectivity index (χ2n) is 11.7. The summed E-state index contributed by atoms with van der Waals surface area (Å²) in [6.45, 7) is 7.33. The highest BCUT2D eigenvalue weighted by Gasteiger charge is 2.31. The Morgan fingerprint density at radius 2 is 1.20 bits per heavy atom. The van der Waals surface area contributed by atoms with E-state index < -0.39 is 17.7 Å². The molecular weight excluding hydrogens is 577 g/mol. The fourth-order valence-electron chi connectivity index (χ4n) is 5.18. The van der Waals surface area contributed by atoms with Crippen LogP contribution in [-0.4, -0.2) is 25.8 Å². The van der Waals surface area contributed by atoms with Crippen LogP contribution in [0.15, 0.2) is 42.5 Å². The summed E-state index contributed by atoms with van der Waals surface area (Å²) in [5, 5.41) is 0. The minimum atomic E-state index is -4.53. The molecule has 0 fully saturated rings. The van der Waals surface area contributed by atoms with Gasteiger partial charge in [0.1, 0.15) is 0 Å². The topological polar surface area (TPSA) is 44.8 Å². The molecule has 0 heterocycles. The third kappa shape index (κ3) is 15.7. The molecular formula is C38H55F3O4. The largest absolute Gasteiger partial charge is 0.490 e. The maximum absolute atomic E-state index is 13.4. The van der Waals surface area contributed by atoms with E-state index in [1.54, 1.807) is 25.1 Å². The molecule has 0 saturated carbocycles. The summed E-state index contributed by atoms with van der Waals surface area (Å²) in [5.74, 6) is 0.512. The number of carbonyl (C=O) groups is 1. The molecule has 0 atom stereocenters. The first-order valence-electron chi connectivity index (χ1n) is 17.3. The normalized spacial score (nSPS) is 11.9. The Hall–Kier alpha value is -2.96. The predicted molar refractivity (Wildman–Crippen MR) is 179 cm³/mol. The van der Waals surface area contributed by atoms with Gasteiger partial charge in [0.25, 0.3) is 0 Å². The number of alkyl halides is 3. The van der Waals surface area contributed by atoms with E-state index in [1.807, 2.05) is 6.07 Å². The van der Waals surface area contributed by atoms with E-state index in [0.717, 1.165) is 37.8 Å². The van der Waals surface area contributed by atoms with Crippen molar-refractivity contribution in [1.29, 1.82) is 0 Å². The van der Waals surface area contributed by atoms with Crippen molar-refractivity contribution in [2.24, 2.45) is 0 Å². The summed E-state index contributed by atoms with van der Waals surface area (Å²) in [6, 6.07) is 10.1. The SMILES string of the molecule is CCCCCCCCCCOc1ccc(C=C(C(=O)OCC)c2cccc(C(F)(F)F)c2)cc1OCCCCCCCCCC. The van der Waals surface area contributed by atoms with Crippen LogP contribution < -0.4 is 9.47 Å². The van der Waals surface area contributed by atoms with Gasteiger partial charge in [-0.05, 0) is 61.2 Å². The molecule has 7 heteroatoms. The Morgan fingerprint density at radius 3 is 1.73 bits per heavy atom. The minimum Gasteiger partial charge on any atom is -0.490 e. The summed E-state index contributed by atoms with van der Waals surface area (Å²) >= 11 is 0. The van der Waals surface area contributed by atoms with Gasteiger partial charge in [-0.15, -0.1) is 0 Å². The number of hydrogen-bond acceptors (Lipinski definition) is 4. The molecule has 4 nitrogen and oxygen atoms in total. The monoisotopic (exact) mass is 632 g/mol. The lowest BCUT2D eigenvalue weighted by molar-refractivity contribution is -0.138. The highest BCUT2D eigenvalue weighted by atomic mass is 19.4. The number of carbonyl (C=O) groups excluding carboxylic acids is 1. The van der Waals surface area contributed by atoms with Crippen LogP contribution in [0.25, 0.3) is 11.6 Å². The lowest BCUT2D eigenvalue weighted by atomic mass is 10.00. The molecule has 0 aromatic heterocycles. The summed E-state index contributed by atoms with van der Waals surface area (Å²) in [5.41, 5.74) is -0.0283. The van der Waals surface area contributed by atoms with E-state index in [0.29, 0.717) is 30.3 Å². The molecule has 0 bridgehead atoms. The Balaban J connectivity index is 2.16. The van der Waals surface area contributed by atoms with Gasteiger partial charge >= 0.3 is 12.1 Å². The smallest absolute Gasteiger partial charge is 0.416 e. The zero-order chi connectivity index (χ0) is 32.8. The maximum atomic E-state index is 13.4. The van der Waals surface area contributed by atoms with Gasteiger partial charge in [-0.25, -0.2) is 4.79 Å². The highest BCUT2D eigenvalue weighted by molar-refractivity contribution is 6.21. The van der Waals surface area contributed by atoms with Crippen LogP contribution in [0.2, 0.25) is 0 Å². The lowest BCUT2D eigenvalue weighted by Crippen LogP contribution is -2.09. The van der Waals surface area contributed by atoms with Crippen molar-refractivity contribution in [2.45, 2.75) is 130 Å². The van der Waals surface area contributed by atoms with Crippen LogP contribution in [-0.2, 0) is 15.7 Å². The molecule has 2 aromatic rings. The van der Waals surface area contributed by atoms with Crippen LogP contribution in [0.1, 0.15) is 140 Å². The van der Waals surface area contributed by atoms with Crippen LogP contribution in [0, 0.1) is 0 Å². The Bertz CT molecular complexity index is 1130. The average molecular weight is 633 g/mol. The number of ether oxygens (including phenoxy) is 3. The molecule has 0 amide bonds. The Kier molecular flexibility index (Phi) is 19.1. The Labute approximate surface area is 269 Å². The summed E-state index contributed by atoms with van der Waals surface area (Å²) in [6.07, 6.45) is 16.2. The predicted octanol–water partition coefficient (Wildman–Crippen LogP) is 11.8. The fourth-order valence-corrected chi connectivity index (χ4v) is 5.18. The molecule has 0 N–H and O–H groups in total. The fraction of sp³-hybridized carbons (Fsp3) is 0.605. The van der Waals surface area contributed by atoms with Crippen LogP contribution in [0.5, 0.6) is 11.5 Å². The average Bonchev–Trinajstić information content (AvgIpc) is 3.02. The van der Waals surface area contributed by atoms with Crippen molar-refractivity contribution in [3.63, 3.8) is 0 Å². The van der Waals surface area contributed by atoms with E-state index in [9.17, 15) is 18.0 Å². The first-order valence-corrected chi connectivity index (χ1v) is 17.3. The first kappa shape index (κ1) is 38.2. The van der Waals surface area contributed by atoms with Crippen molar-refractivity contribution >= 4 is 17.6 Å². The van der Waals surface area contributed by atoms with E-state index in [4.69, 9.17) is 14.2 Å². The van der Waals surface area contributed by atoms with E-state index in [2.05, 4.69) is 13.8 Å². The van der Waals surface area contributed by atoms with Gasteiger partial charge in [0, 0.05) is 0 Å². The standard InChI is InChI=1S/C38H55F3O4/c1-4-7-9-11-13-15-17-19-26-44-35-25-24-31(29-36(35)45-27-20-18-16-14-12-10-8-5-2)28-34(37(42)43-6-3)32-22-21-23-33(30-32)38(39,40)41/h21-25,28-30H,4-20,26-27H2,1-3H3. The molecule has 0 aliphatic carbocycles. The van der Waals surface area contributed by atoms with Crippen molar-refractivity contribution in [1.82, 2.24) is 0 Å². The van der Waals surface area contributed by atoms with Crippen LogP contribution >= 0.6 is 0 Å². The molecule has 0 unspecified atom stereocenters. The van der Waals surface area contributed by atoms with Crippen molar-refractivity contribution in [2.75, 3.05) is 19.8 Å². The maximum Gasteiger partial charge on any atom is 0.416 e. The van der Waals surface area contributed by atoms with Crippen molar-refractivity contribution in [3.8, 4) is 11.5 Å². The first-order chi connectivity index (χ1) is 21.8. The van der Waals surface area contributed by atoms with E-state index >= 15 is 0 Å². The molecule has 252 valence electrons. The number of esters is 1. The molecule has 2 aromatic carbocycles. The zero-order valence-electron chi connectivity index (χ0n) is 27.8. The van der Waals surface area contributed by atoms with Gasteiger partial charge in [0.2, 0.25) is 0 Å². The zero-order valence-corrected chi connectivity index (χ0v) is 27.8. The number of benzene rings is 2. The Morgan fingerprint density at radius 1 is 0.667 bits per heavy atom. The number of unbranched alkanes of at least 4 members (excludes halogenated alkanes) is 14. The van der Waals surface area contributed by atoms with Gasteiger partial charge in [-0.3, -0.25) is 0 Å². The number of rotatable bonds is 24. The van der Waals surface area contributed by atoms with Gasteiger partial charge in [-0.1, -0.05) is 122 Å². The van der Waals surface area contributed by atoms with Crippen molar-refractivity contribution < 1.29 is 32.2 Å². The van der Waals surface area contributed by atoms with E-state index in [1.165, 1.54) is 89.2 Å². The molecule has 0 aliphatic rings. The molecule has 0 saturated heterocycles. The van der Waals surface area contributed by atoms with Gasteiger partial charge in [0.15, 0.2) is 11.5 Å². The third-order valence-corrected chi connectivity index (χ3v) is 7.79. The van der Waals surface area contributed by atoms with Gasteiger partial charge in [0.05, 0.1) is 31.0 Å². The lowest BCUT2D eigenvalue weighted by Gasteiger charge is -2.15. The second kappa shape index (κ2) is 22.5. The number of hydrogen-bond donors (Lipinski definition) is 0. The minimum absolute atomic E-state index is 0.0459. The second-order valence-corrected chi connectivity index (χ2v) is 11.7. The molecule has 0 radical (unpaired) electrons. The van der Waals surface area contributed by atoms with Crippen molar-refractivity contribution in [3.05, 3.63) is 59.2 Å². The number of halogens is 3. The van der Waals surface area contributed by atoms with Gasteiger partial charge < -0.3 is 14.2 Å². The summed E-state index contributed by atoms with van der Waals surface area (Å²) in [7, 11) is 0. The quantitative estimate of drug-likeness (QED) is 0.0500. The molecule has 0 spiro atoms. The summed E-state index contributed by atoms with van der Waals surface area (Å²) in [4.78, 5) is 12.9. The highest BCUT2D eigenvalue weighted by Crippen LogP contribution is 2.34. The van der Waals surface area contributed by atoms with Crippen LogP contribution in [0.4, 0.5) is 13.2 Å². The third-order valence-electron chi connectivity index (χ3n) is 7.79. The van der Waals surface area contributed by atoms with Gasteiger partial charge in [-0.2, -0.15) is 13.2 Å². The van der Waals surface area contributed by atoms with Crippen LogP contribution in [0.3, 0.4) is 0 Å². The molecule has 2 rings (SSSR count).